The maximum Gasteiger partial charge on any atom is 0.491 e. The summed E-state index contributed by atoms with van der Waals surface area (Å²) in [4.78, 5) is 12.0. The molecule has 3 rings (SSSR count). The Morgan fingerprint density at radius 1 is 1.25 bits per heavy atom. The van der Waals surface area contributed by atoms with Gasteiger partial charge in [-0.1, -0.05) is 12.1 Å². The molecule has 0 bridgehead atoms. The van der Waals surface area contributed by atoms with E-state index >= 15 is 0 Å². The molecule has 24 heavy (non-hydrogen) atoms. The van der Waals surface area contributed by atoms with Gasteiger partial charge >= 0.3 is 7.12 Å². The highest BCUT2D eigenvalue weighted by atomic mass is 16.7. The lowest BCUT2D eigenvalue weighted by Gasteiger charge is -2.32. The van der Waals surface area contributed by atoms with Gasteiger partial charge in [0.05, 0.1) is 23.4 Å². The minimum atomic E-state index is -0.483. The number of nitrogens with two attached hydrogens (primary N) is 1. The van der Waals surface area contributed by atoms with Crippen LogP contribution >= 0.6 is 0 Å². The molecule has 1 aromatic rings. The van der Waals surface area contributed by atoms with E-state index in [0.717, 1.165) is 11.0 Å². The fourth-order valence-electron chi connectivity index (χ4n) is 2.80. The van der Waals surface area contributed by atoms with E-state index in [4.69, 9.17) is 19.8 Å². The zero-order valence-corrected chi connectivity index (χ0v) is 14.7. The monoisotopic (exact) mass is 329 g/mol. The second-order valence-electron chi connectivity index (χ2n) is 7.29. The van der Waals surface area contributed by atoms with Crippen LogP contribution in [0.1, 0.15) is 50.0 Å². The molecular weight excluding hydrogens is 305 g/mol. The number of hydrogen-bond acceptors (Lipinski definition) is 5. The highest BCUT2D eigenvalue weighted by Crippen LogP contribution is 2.38. The summed E-state index contributed by atoms with van der Waals surface area (Å²) in [6, 6.07) is 5.59. The van der Waals surface area contributed by atoms with E-state index in [1.165, 1.54) is 0 Å². The third-order valence-electron chi connectivity index (χ3n) is 5.03. The Kier molecular flexibility index (Phi) is 4.32. The molecule has 0 spiro atoms. The van der Waals surface area contributed by atoms with Crippen LogP contribution in [-0.2, 0) is 9.31 Å². The quantitative estimate of drug-likeness (QED) is 0.863. The summed E-state index contributed by atoms with van der Waals surface area (Å²) < 4.78 is 17.6. The fourth-order valence-corrected chi connectivity index (χ4v) is 2.80. The number of carbonyl (C=O) groups excluding carboxylic acids is 1. The van der Waals surface area contributed by atoms with E-state index in [9.17, 15) is 4.79 Å². The zero-order chi connectivity index (χ0) is 17.5. The molecule has 6 heteroatoms. The second kappa shape index (κ2) is 6.03. The number of rotatable bonds is 3. The van der Waals surface area contributed by atoms with Crippen molar-refractivity contribution in [3.05, 3.63) is 34.8 Å². The van der Waals surface area contributed by atoms with Crippen molar-refractivity contribution in [1.29, 1.82) is 0 Å². The molecule has 0 amide bonds. The Bertz CT molecular complexity index is 680. The number of benzene rings is 1. The van der Waals surface area contributed by atoms with Crippen molar-refractivity contribution in [1.82, 2.24) is 0 Å². The summed E-state index contributed by atoms with van der Waals surface area (Å²) in [5.74, 6) is 0.754. The highest BCUT2D eigenvalue weighted by molar-refractivity contribution is 6.55. The van der Waals surface area contributed by atoms with Crippen molar-refractivity contribution >= 4 is 19.0 Å². The van der Waals surface area contributed by atoms with Crippen molar-refractivity contribution in [2.45, 2.75) is 45.3 Å². The fraction of sp³-hybridized carbons (Fsp3) is 0.500. The van der Waals surface area contributed by atoms with Gasteiger partial charge in [-0.25, -0.2) is 0 Å². The highest BCUT2D eigenvalue weighted by Gasteiger charge is 2.52. The lowest BCUT2D eigenvalue weighted by molar-refractivity contribution is 0.00578. The van der Waals surface area contributed by atoms with Gasteiger partial charge in [0, 0.05) is 13.0 Å². The summed E-state index contributed by atoms with van der Waals surface area (Å²) in [6.45, 7) is 8.81. The molecule has 5 nitrogen and oxygen atoms in total. The van der Waals surface area contributed by atoms with Gasteiger partial charge in [0.1, 0.15) is 5.75 Å². The van der Waals surface area contributed by atoms with Gasteiger partial charge in [-0.15, -0.1) is 0 Å². The maximum atomic E-state index is 12.0. The first-order chi connectivity index (χ1) is 11.2. The van der Waals surface area contributed by atoms with E-state index in [2.05, 4.69) is 0 Å². The van der Waals surface area contributed by atoms with Gasteiger partial charge < -0.3 is 19.8 Å². The Hall–Kier alpha value is -1.63. The second-order valence-corrected chi connectivity index (χ2v) is 7.29. The van der Waals surface area contributed by atoms with Gasteiger partial charge in [-0.3, -0.25) is 4.79 Å². The molecule has 0 saturated carbocycles. The van der Waals surface area contributed by atoms with E-state index in [1.807, 2.05) is 52.0 Å². The van der Waals surface area contributed by atoms with Crippen molar-refractivity contribution in [2.24, 2.45) is 5.73 Å². The standard InChI is InChI=1S/C18H24BNO4/c1-17(2)18(3,4)24-19(23-17)13(11-20)9-12-5-6-16-14(10-12)15(21)7-8-22-16/h5-6,9-10H,7-8,11,20H2,1-4H3. The summed E-state index contributed by atoms with van der Waals surface area (Å²) in [6.07, 6.45) is 2.35. The van der Waals surface area contributed by atoms with Crippen LogP contribution in [0.15, 0.2) is 23.7 Å². The number of carbonyl (C=O) groups is 1. The smallest absolute Gasteiger partial charge is 0.491 e. The number of Topliss-reactive ketones (excluding diaryl/α,β-unsaturated/α-hetero) is 1. The molecule has 2 N–H and O–H groups in total. The Morgan fingerprint density at radius 2 is 1.92 bits per heavy atom. The van der Waals surface area contributed by atoms with Crippen LogP contribution in [0.2, 0.25) is 0 Å². The van der Waals surface area contributed by atoms with Crippen LogP contribution in [0.3, 0.4) is 0 Å². The largest absolute Gasteiger partial charge is 0.492 e. The first-order valence-electron chi connectivity index (χ1n) is 8.30. The van der Waals surface area contributed by atoms with Gasteiger partial charge in [-0.05, 0) is 50.9 Å². The molecule has 128 valence electrons. The molecule has 0 aromatic heterocycles. The summed E-state index contributed by atoms with van der Waals surface area (Å²) >= 11 is 0. The van der Waals surface area contributed by atoms with Gasteiger partial charge in [0.25, 0.3) is 0 Å². The minimum Gasteiger partial charge on any atom is -0.492 e. The molecule has 0 atom stereocenters. The normalized spacial score (nSPS) is 22.3. The van der Waals surface area contributed by atoms with Crippen LogP contribution in [0, 0.1) is 0 Å². The molecule has 0 radical (unpaired) electrons. The molecule has 0 unspecified atom stereocenters. The van der Waals surface area contributed by atoms with Crippen LogP contribution < -0.4 is 10.5 Å². The van der Waals surface area contributed by atoms with E-state index in [1.54, 1.807) is 0 Å². The van der Waals surface area contributed by atoms with Gasteiger partial charge in [-0.2, -0.15) is 0 Å². The third-order valence-corrected chi connectivity index (χ3v) is 5.03. The Morgan fingerprint density at radius 3 is 2.54 bits per heavy atom. The molecular formula is C18H24BNO4. The van der Waals surface area contributed by atoms with Crippen molar-refractivity contribution in [3.63, 3.8) is 0 Å². The molecule has 1 fully saturated rings. The Balaban J connectivity index is 1.89. The number of ether oxygens (including phenoxy) is 1. The predicted octanol–water partition coefficient (Wildman–Crippen LogP) is 2.63. The van der Waals surface area contributed by atoms with Crippen LogP contribution in [-0.4, -0.2) is 37.3 Å². The zero-order valence-electron chi connectivity index (χ0n) is 14.7. The summed E-state index contributed by atoms with van der Waals surface area (Å²) in [5.41, 5.74) is 7.46. The SMILES string of the molecule is CC1(C)OB(C(=Cc2ccc3c(c2)C(=O)CCO3)CN)OC1(C)C. The number of ketones is 1. The van der Waals surface area contributed by atoms with E-state index in [0.29, 0.717) is 30.9 Å². The summed E-state index contributed by atoms with van der Waals surface area (Å²) in [7, 11) is -0.483. The number of hydrogen-bond donors (Lipinski definition) is 1. The van der Waals surface area contributed by atoms with Crippen LogP contribution in [0.4, 0.5) is 0 Å². The first-order valence-corrected chi connectivity index (χ1v) is 8.30. The van der Waals surface area contributed by atoms with Gasteiger partial charge in [0.15, 0.2) is 5.78 Å². The third kappa shape index (κ3) is 3.01. The van der Waals surface area contributed by atoms with Crippen molar-refractivity contribution in [2.75, 3.05) is 13.2 Å². The lowest BCUT2D eigenvalue weighted by atomic mass is 9.77. The number of fused-ring (bicyclic) bond motifs is 1. The lowest BCUT2D eigenvalue weighted by Crippen LogP contribution is -2.41. The van der Waals surface area contributed by atoms with Crippen molar-refractivity contribution < 1.29 is 18.8 Å². The predicted molar refractivity (Wildman–Crippen MR) is 94.0 cm³/mol. The maximum absolute atomic E-state index is 12.0. The molecule has 2 aliphatic heterocycles. The van der Waals surface area contributed by atoms with Crippen LogP contribution in [0.25, 0.3) is 6.08 Å². The average Bonchev–Trinajstić information content (AvgIpc) is 2.73. The average molecular weight is 329 g/mol. The van der Waals surface area contributed by atoms with Gasteiger partial charge in [0.2, 0.25) is 0 Å². The summed E-state index contributed by atoms with van der Waals surface area (Å²) in [5, 5.41) is 0. The van der Waals surface area contributed by atoms with Crippen LogP contribution in [0.5, 0.6) is 5.75 Å². The molecule has 0 aliphatic carbocycles. The van der Waals surface area contributed by atoms with E-state index in [-0.39, 0.29) is 5.78 Å². The molecule has 1 aromatic carbocycles. The van der Waals surface area contributed by atoms with Crippen molar-refractivity contribution in [3.8, 4) is 5.75 Å². The Labute approximate surface area is 143 Å². The first kappa shape index (κ1) is 17.2. The van der Waals surface area contributed by atoms with E-state index < -0.39 is 18.3 Å². The topological polar surface area (TPSA) is 70.8 Å². The molecule has 1 saturated heterocycles. The molecule has 2 aliphatic rings. The minimum absolute atomic E-state index is 0.108. The molecule has 2 heterocycles.